The smallest absolute Gasteiger partial charge is 0.278 e. The highest BCUT2D eigenvalue weighted by Gasteiger charge is 2.39. The van der Waals surface area contributed by atoms with Crippen molar-refractivity contribution in [3.63, 3.8) is 0 Å². The number of imide groups is 1. The molecule has 1 N–H and O–H groups in total. The number of aryl methyl sites for hydroxylation is 2. The van der Waals surface area contributed by atoms with Gasteiger partial charge in [0.1, 0.15) is 17.3 Å². The Morgan fingerprint density at radius 1 is 0.939 bits per heavy atom. The summed E-state index contributed by atoms with van der Waals surface area (Å²) in [6.45, 7) is 4.11. The zero-order valence-corrected chi connectivity index (χ0v) is 18.8. The summed E-state index contributed by atoms with van der Waals surface area (Å²) in [5.74, 6) is -0.423. The number of hydrogen-bond acceptors (Lipinski definition) is 4. The van der Waals surface area contributed by atoms with E-state index in [0.717, 1.165) is 16.7 Å². The Labute approximate surface area is 192 Å². The summed E-state index contributed by atoms with van der Waals surface area (Å²) in [6, 6.07) is 19.1. The molecule has 3 aromatic rings. The zero-order chi connectivity index (χ0) is 23.5. The van der Waals surface area contributed by atoms with Crippen LogP contribution < -0.4 is 10.1 Å². The first-order chi connectivity index (χ1) is 15.9. The summed E-state index contributed by atoms with van der Waals surface area (Å²) in [4.78, 5) is 28.1. The highest BCUT2D eigenvalue weighted by molar-refractivity contribution is 6.36. The minimum Gasteiger partial charge on any atom is -0.497 e. The van der Waals surface area contributed by atoms with Gasteiger partial charge in [-0.3, -0.25) is 14.5 Å². The van der Waals surface area contributed by atoms with Gasteiger partial charge in [-0.2, -0.15) is 0 Å². The summed E-state index contributed by atoms with van der Waals surface area (Å²) in [5, 5.41) is 3.16. The maximum absolute atomic E-state index is 13.5. The Balaban J connectivity index is 1.69. The van der Waals surface area contributed by atoms with Crippen LogP contribution in [-0.4, -0.2) is 30.4 Å². The molecular formula is C27H25FN2O3. The van der Waals surface area contributed by atoms with Crippen LogP contribution >= 0.6 is 0 Å². The number of nitrogens with zero attached hydrogens (tertiary/aromatic N) is 1. The molecule has 0 unspecified atom stereocenters. The summed E-state index contributed by atoms with van der Waals surface area (Å²) in [7, 11) is 1.57. The molecule has 0 saturated carbocycles. The van der Waals surface area contributed by atoms with Gasteiger partial charge in [-0.25, -0.2) is 4.39 Å². The molecule has 0 bridgehead atoms. The van der Waals surface area contributed by atoms with Gasteiger partial charge >= 0.3 is 0 Å². The molecule has 3 aromatic carbocycles. The second-order valence-electron chi connectivity index (χ2n) is 8.06. The van der Waals surface area contributed by atoms with Crippen LogP contribution in [0.5, 0.6) is 5.75 Å². The maximum Gasteiger partial charge on any atom is 0.278 e. The number of methoxy groups -OCH3 is 1. The van der Waals surface area contributed by atoms with E-state index in [2.05, 4.69) is 5.32 Å². The Morgan fingerprint density at radius 2 is 1.70 bits per heavy atom. The van der Waals surface area contributed by atoms with Crippen molar-refractivity contribution >= 4 is 23.1 Å². The lowest BCUT2D eigenvalue weighted by atomic mass is 9.97. The van der Waals surface area contributed by atoms with Crippen molar-refractivity contribution in [3.05, 3.63) is 100 Å². The van der Waals surface area contributed by atoms with E-state index in [9.17, 15) is 14.0 Å². The zero-order valence-electron chi connectivity index (χ0n) is 18.8. The van der Waals surface area contributed by atoms with Crippen molar-refractivity contribution in [3.8, 4) is 5.75 Å². The largest absolute Gasteiger partial charge is 0.497 e. The van der Waals surface area contributed by atoms with Crippen LogP contribution in [0, 0.1) is 19.7 Å². The van der Waals surface area contributed by atoms with Gasteiger partial charge in [-0.1, -0.05) is 42.0 Å². The standard InChI is InChI=1S/C27H25FN2O3/c1-17-7-12-23(18(2)15-17)24-25(29-21-5-4-6-22(16-21)33-3)27(32)30(26(24)31)14-13-19-8-10-20(28)11-9-19/h4-12,15-16,29H,13-14H2,1-3H3. The highest BCUT2D eigenvalue weighted by Crippen LogP contribution is 2.33. The fraction of sp³-hybridized carbons (Fsp3) is 0.185. The van der Waals surface area contributed by atoms with Crippen LogP contribution in [0.3, 0.4) is 0 Å². The molecule has 0 saturated heterocycles. The Bertz CT molecular complexity index is 1250. The van der Waals surface area contributed by atoms with Crippen LogP contribution in [0.25, 0.3) is 5.57 Å². The molecule has 5 nitrogen and oxygen atoms in total. The lowest BCUT2D eigenvalue weighted by Gasteiger charge is -2.15. The molecule has 1 heterocycles. The average Bonchev–Trinajstić information content (AvgIpc) is 3.03. The number of carbonyl (C=O) groups is 2. The lowest BCUT2D eigenvalue weighted by Crippen LogP contribution is -2.34. The van der Waals surface area contributed by atoms with E-state index in [1.165, 1.54) is 17.0 Å². The van der Waals surface area contributed by atoms with E-state index in [4.69, 9.17) is 4.74 Å². The normalized spacial score (nSPS) is 13.6. The second kappa shape index (κ2) is 9.28. The second-order valence-corrected chi connectivity index (χ2v) is 8.06. The molecule has 0 radical (unpaired) electrons. The molecule has 0 aromatic heterocycles. The van der Waals surface area contributed by atoms with Crippen LogP contribution in [0.1, 0.15) is 22.3 Å². The summed E-state index contributed by atoms with van der Waals surface area (Å²) in [5.41, 5.74) is 4.78. The van der Waals surface area contributed by atoms with Gasteiger partial charge in [0, 0.05) is 18.3 Å². The minimum atomic E-state index is -0.389. The first kappa shape index (κ1) is 22.3. The van der Waals surface area contributed by atoms with Gasteiger partial charge < -0.3 is 10.1 Å². The predicted octanol–water partition coefficient (Wildman–Crippen LogP) is 4.89. The lowest BCUT2D eigenvalue weighted by molar-refractivity contribution is -0.136. The number of ether oxygens (including phenoxy) is 1. The third-order valence-corrected chi connectivity index (χ3v) is 5.70. The summed E-state index contributed by atoms with van der Waals surface area (Å²) >= 11 is 0. The molecule has 6 heteroatoms. The first-order valence-corrected chi connectivity index (χ1v) is 10.7. The van der Waals surface area contributed by atoms with E-state index < -0.39 is 0 Å². The number of halogens is 1. The Morgan fingerprint density at radius 3 is 2.39 bits per heavy atom. The van der Waals surface area contributed by atoms with Gasteiger partial charge in [0.2, 0.25) is 0 Å². The fourth-order valence-electron chi connectivity index (χ4n) is 3.98. The van der Waals surface area contributed by atoms with Crippen molar-refractivity contribution in [2.45, 2.75) is 20.3 Å². The van der Waals surface area contributed by atoms with Gasteiger partial charge in [0.05, 0.1) is 12.7 Å². The fourth-order valence-corrected chi connectivity index (χ4v) is 3.98. The van der Waals surface area contributed by atoms with Gasteiger partial charge in [0.15, 0.2) is 0 Å². The third kappa shape index (κ3) is 4.65. The molecule has 0 fully saturated rings. The molecule has 33 heavy (non-hydrogen) atoms. The number of anilines is 1. The Kier molecular flexibility index (Phi) is 6.27. The van der Waals surface area contributed by atoms with E-state index >= 15 is 0 Å². The Hall–Kier alpha value is -3.93. The van der Waals surface area contributed by atoms with Crippen LogP contribution in [-0.2, 0) is 16.0 Å². The van der Waals surface area contributed by atoms with Gasteiger partial charge in [0.25, 0.3) is 11.8 Å². The molecule has 2 amide bonds. The molecular weight excluding hydrogens is 419 g/mol. The molecule has 1 aliphatic rings. The van der Waals surface area contributed by atoms with Gasteiger partial charge in [-0.05, 0) is 61.2 Å². The SMILES string of the molecule is COc1cccc(NC2=C(c3ccc(C)cc3C)C(=O)N(CCc3ccc(F)cc3)C2=O)c1. The number of carbonyl (C=O) groups excluding carboxylic acids is 2. The number of amides is 2. The van der Waals surface area contributed by atoms with E-state index in [1.807, 2.05) is 44.2 Å². The predicted molar refractivity (Wildman–Crippen MR) is 126 cm³/mol. The monoisotopic (exact) mass is 444 g/mol. The first-order valence-electron chi connectivity index (χ1n) is 10.7. The van der Waals surface area contributed by atoms with Crippen molar-refractivity contribution in [1.82, 2.24) is 4.90 Å². The number of rotatable bonds is 7. The molecule has 1 aliphatic heterocycles. The van der Waals surface area contributed by atoms with Crippen LogP contribution in [0.4, 0.5) is 10.1 Å². The number of hydrogen-bond donors (Lipinski definition) is 1. The minimum absolute atomic E-state index is 0.195. The molecule has 4 rings (SSSR count). The van der Waals surface area contributed by atoms with E-state index in [-0.39, 0.29) is 29.9 Å². The summed E-state index contributed by atoms with van der Waals surface area (Å²) in [6.07, 6.45) is 0.435. The third-order valence-electron chi connectivity index (χ3n) is 5.70. The van der Waals surface area contributed by atoms with Crippen molar-refractivity contribution < 1.29 is 18.7 Å². The average molecular weight is 445 g/mol. The number of benzene rings is 3. The molecule has 168 valence electrons. The molecule has 0 spiro atoms. The highest BCUT2D eigenvalue weighted by atomic mass is 19.1. The van der Waals surface area contributed by atoms with Crippen molar-refractivity contribution in [2.24, 2.45) is 0 Å². The molecule has 0 aliphatic carbocycles. The molecule has 0 atom stereocenters. The van der Waals surface area contributed by atoms with Crippen molar-refractivity contribution in [2.75, 3.05) is 19.0 Å². The van der Waals surface area contributed by atoms with Crippen molar-refractivity contribution in [1.29, 1.82) is 0 Å². The quantitative estimate of drug-likeness (QED) is 0.528. The van der Waals surface area contributed by atoms with Gasteiger partial charge in [-0.15, -0.1) is 0 Å². The topological polar surface area (TPSA) is 58.6 Å². The van der Waals surface area contributed by atoms with Crippen LogP contribution in [0.15, 0.2) is 72.4 Å². The van der Waals surface area contributed by atoms with E-state index in [0.29, 0.717) is 29.0 Å². The number of nitrogens with one attached hydrogen (secondary N) is 1. The summed E-state index contributed by atoms with van der Waals surface area (Å²) < 4.78 is 18.5. The maximum atomic E-state index is 13.5. The van der Waals surface area contributed by atoms with Crippen LogP contribution in [0.2, 0.25) is 0 Å². The van der Waals surface area contributed by atoms with E-state index in [1.54, 1.807) is 31.4 Å².